The van der Waals surface area contributed by atoms with E-state index in [1.807, 2.05) is 0 Å². The molecule has 6 heteroatoms. The molecule has 0 aliphatic carbocycles. The summed E-state index contributed by atoms with van der Waals surface area (Å²) in [5, 5.41) is 0. The third-order valence-electron chi connectivity index (χ3n) is 4.68. The minimum absolute atomic E-state index is 0. The molecule has 0 aromatic rings. The average Bonchev–Trinajstić information content (AvgIpc) is 2.76. The third-order valence-corrected chi connectivity index (χ3v) is 4.68. The zero-order valence-electron chi connectivity index (χ0n) is 22.2. The van der Waals surface area contributed by atoms with Crippen molar-refractivity contribution in [2.45, 2.75) is 118 Å². The van der Waals surface area contributed by atoms with Crippen LogP contribution in [0.3, 0.4) is 0 Å². The smallest absolute Gasteiger partial charge is 0.356 e. The van der Waals surface area contributed by atoms with Gasteiger partial charge in [0.15, 0.2) is 0 Å². The summed E-state index contributed by atoms with van der Waals surface area (Å²) in [4.78, 5) is 0. The van der Waals surface area contributed by atoms with Gasteiger partial charge in [-0.2, -0.15) is 26.7 Å². The Morgan fingerprint density at radius 2 is 0.781 bits per heavy atom. The number of hydrogen-bond donors (Lipinski definition) is 0. The van der Waals surface area contributed by atoms with E-state index in [9.17, 15) is 0 Å². The van der Waals surface area contributed by atoms with Crippen molar-refractivity contribution in [2.24, 2.45) is 0 Å². The fraction of sp³-hybridized carbons (Fsp3) is 0.923. The molecule has 0 bridgehead atoms. The van der Waals surface area contributed by atoms with Crippen molar-refractivity contribution in [2.75, 3.05) is 40.0 Å². The van der Waals surface area contributed by atoms with Crippen molar-refractivity contribution < 1.29 is 36.0 Å². The first-order valence-corrected chi connectivity index (χ1v) is 12.7. The van der Waals surface area contributed by atoms with Gasteiger partial charge in [-0.15, -0.1) is 0 Å². The molecule has 0 N–H and O–H groups in total. The molecular weight excluding hydrogens is 447 g/mol. The summed E-state index contributed by atoms with van der Waals surface area (Å²) >= 11 is 0. The van der Waals surface area contributed by atoms with Gasteiger partial charge in [0.2, 0.25) is 0 Å². The second-order valence-electron chi connectivity index (χ2n) is 7.80. The maximum Gasteiger partial charge on any atom is 2.00 e. The van der Waals surface area contributed by atoms with E-state index in [1.54, 1.807) is 0 Å². The Kier molecular flexibility index (Phi) is 52.9. The standard InChI is InChI=1S/2C13H27O2.Cu.Li/c2*1-3-5-7-8-10-12-15-13-14-11-9-6-4-2;;/h2*4H,3,5-13H2,1-2H3;;/q2*-1;+2;. The molecule has 0 saturated carbocycles. The van der Waals surface area contributed by atoms with Gasteiger partial charge in [-0.05, 0) is 12.8 Å². The first-order valence-electron chi connectivity index (χ1n) is 12.7. The summed E-state index contributed by atoms with van der Waals surface area (Å²) in [5.74, 6) is 0. The Morgan fingerprint density at radius 3 is 1.09 bits per heavy atom. The molecule has 0 rings (SSSR count). The largest absolute Gasteiger partial charge is 2.00 e. The Balaban J connectivity index is -0.000000231. The molecule has 0 amide bonds. The molecule has 0 unspecified atom stereocenters. The van der Waals surface area contributed by atoms with Gasteiger partial charge < -0.3 is 31.8 Å². The van der Waals surface area contributed by atoms with E-state index in [0.29, 0.717) is 13.6 Å². The monoisotopic (exact) mass is 500 g/mol. The van der Waals surface area contributed by atoms with Crippen molar-refractivity contribution in [1.29, 1.82) is 0 Å². The van der Waals surface area contributed by atoms with Crippen LogP contribution >= 0.6 is 0 Å². The Labute approximate surface area is 224 Å². The van der Waals surface area contributed by atoms with Gasteiger partial charge >= 0.3 is 17.1 Å². The minimum Gasteiger partial charge on any atom is -0.356 e. The van der Waals surface area contributed by atoms with Gasteiger partial charge in [-0.25, -0.2) is 0 Å². The number of ether oxygens (including phenoxy) is 4. The molecule has 0 fully saturated rings. The number of hydrogen-bond acceptors (Lipinski definition) is 4. The molecule has 0 aromatic carbocycles. The fourth-order valence-corrected chi connectivity index (χ4v) is 2.75. The van der Waals surface area contributed by atoms with Crippen molar-refractivity contribution in [3.63, 3.8) is 0 Å². The van der Waals surface area contributed by atoms with E-state index < -0.39 is 0 Å². The molecule has 0 aliphatic rings. The summed E-state index contributed by atoms with van der Waals surface area (Å²) in [5.41, 5.74) is 0. The van der Waals surface area contributed by atoms with Crippen LogP contribution in [0.15, 0.2) is 0 Å². The molecule has 2 radical (unpaired) electrons. The van der Waals surface area contributed by atoms with Crippen LogP contribution in [0.5, 0.6) is 0 Å². The Hall–Kier alpha value is 0.957. The molecule has 194 valence electrons. The topological polar surface area (TPSA) is 36.9 Å². The molecule has 0 aliphatic heterocycles. The van der Waals surface area contributed by atoms with Crippen molar-refractivity contribution in [3.05, 3.63) is 12.8 Å². The van der Waals surface area contributed by atoms with Crippen LogP contribution in [0.25, 0.3) is 0 Å². The van der Waals surface area contributed by atoms with Gasteiger partial charge in [0.05, 0.1) is 0 Å². The fourth-order valence-electron chi connectivity index (χ4n) is 2.75. The van der Waals surface area contributed by atoms with E-state index in [2.05, 4.69) is 40.5 Å². The van der Waals surface area contributed by atoms with E-state index in [0.717, 1.165) is 52.1 Å². The SMILES string of the molecule is C[CH-]CCCOCOCCCCCCC.C[CH-]CCCOCOCCCCCCC.[Cu+2].[Li]. The van der Waals surface area contributed by atoms with Gasteiger partial charge in [0.1, 0.15) is 13.6 Å². The van der Waals surface area contributed by atoms with Crippen molar-refractivity contribution >= 4 is 18.9 Å². The summed E-state index contributed by atoms with van der Waals surface area (Å²) < 4.78 is 21.4. The molecule has 0 spiro atoms. The zero-order chi connectivity index (χ0) is 22.4. The number of unbranched alkanes of at least 4 members (excludes halogenated alkanes) is 12. The van der Waals surface area contributed by atoms with Crippen LogP contribution in [0, 0.1) is 12.8 Å². The normalized spacial score (nSPS) is 10.1. The summed E-state index contributed by atoms with van der Waals surface area (Å²) in [6, 6.07) is 0. The second-order valence-corrected chi connectivity index (χ2v) is 7.80. The van der Waals surface area contributed by atoms with Crippen molar-refractivity contribution in [1.82, 2.24) is 0 Å². The van der Waals surface area contributed by atoms with Crippen LogP contribution in [0.1, 0.15) is 118 Å². The van der Waals surface area contributed by atoms with Crippen LogP contribution in [-0.4, -0.2) is 58.9 Å². The van der Waals surface area contributed by atoms with Crippen LogP contribution in [0.2, 0.25) is 0 Å². The average molecular weight is 501 g/mol. The quantitative estimate of drug-likeness (QED) is 0.0594. The van der Waals surface area contributed by atoms with Crippen LogP contribution in [-0.2, 0) is 36.0 Å². The molecule has 0 aromatic heterocycles. The molecule has 32 heavy (non-hydrogen) atoms. The Bertz CT molecular complexity index is 224. The molecule has 0 saturated heterocycles. The van der Waals surface area contributed by atoms with Gasteiger partial charge in [0.25, 0.3) is 0 Å². The predicted octanol–water partition coefficient (Wildman–Crippen LogP) is 7.52. The summed E-state index contributed by atoms with van der Waals surface area (Å²) in [6.45, 7) is 12.9. The third kappa shape index (κ3) is 44.6. The van der Waals surface area contributed by atoms with E-state index in [-0.39, 0.29) is 35.9 Å². The molecule has 0 atom stereocenters. The number of rotatable bonds is 24. The summed E-state index contributed by atoms with van der Waals surface area (Å²) in [7, 11) is 0. The maximum atomic E-state index is 5.36. The Morgan fingerprint density at radius 1 is 0.469 bits per heavy atom. The van der Waals surface area contributed by atoms with Gasteiger partial charge in [-0.1, -0.05) is 78.1 Å². The first-order chi connectivity index (χ1) is 14.8. The van der Waals surface area contributed by atoms with Crippen LogP contribution < -0.4 is 0 Å². The van der Waals surface area contributed by atoms with E-state index in [1.165, 1.54) is 64.2 Å². The van der Waals surface area contributed by atoms with Gasteiger partial charge in [0, 0.05) is 45.3 Å². The molecule has 4 nitrogen and oxygen atoms in total. The zero-order valence-corrected chi connectivity index (χ0v) is 23.2. The van der Waals surface area contributed by atoms with Gasteiger partial charge in [-0.3, -0.25) is 0 Å². The predicted molar refractivity (Wildman–Crippen MR) is 135 cm³/mol. The maximum absolute atomic E-state index is 5.36. The molecular formula is C26H54CuLiO4. The minimum atomic E-state index is 0. The molecule has 0 heterocycles. The van der Waals surface area contributed by atoms with Crippen LogP contribution in [0.4, 0.5) is 0 Å². The summed E-state index contributed by atoms with van der Waals surface area (Å²) in [6.07, 6.45) is 21.7. The first kappa shape index (κ1) is 40.1. The van der Waals surface area contributed by atoms with E-state index in [4.69, 9.17) is 18.9 Å². The van der Waals surface area contributed by atoms with Crippen molar-refractivity contribution in [3.8, 4) is 0 Å². The second kappa shape index (κ2) is 42.1. The van der Waals surface area contributed by atoms with E-state index >= 15 is 0 Å².